The molecule has 2 aliphatic rings. The van der Waals surface area contributed by atoms with Crippen LogP contribution >= 0.6 is 11.8 Å². The number of carboxylic acids is 2. The fourth-order valence-electron chi connectivity index (χ4n) is 3.93. The summed E-state index contributed by atoms with van der Waals surface area (Å²) in [6.07, 6.45) is 0.355. The SMILES string of the molecule is CC(CSC1CC(N)(C(=O)O)C2C(C(=O)O)C12)c1ccccc1. The Morgan fingerprint density at radius 2 is 2.00 bits per heavy atom. The quantitative estimate of drug-likeness (QED) is 0.735. The fraction of sp³-hybridized carbons (Fsp3) is 0.529. The van der Waals surface area contributed by atoms with Crippen LogP contribution in [0.1, 0.15) is 24.8 Å². The molecule has 6 heteroatoms. The van der Waals surface area contributed by atoms with Gasteiger partial charge in [0.2, 0.25) is 0 Å². The second-order valence-corrected chi connectivity index (χ2v) is 7.97. The summed E-state index contributed by atoms with van der Waals surface area (Å²) in [5.74, 6) is -1.97. The van der Waals surface area contributed by atoms with Crippen LogP contribution in [0.15, 0.2) is 30.3 Å². The van der Waals surface area contributed by atoms with Gasteiger partial charge in [-0.1, -0.05) is 37.3 Å². The molecular weight excluding hydrogens is 314 g/mol. The van der Waals surface area contributed by atoms with Crippen LogP contribution in [-0.2, 0) is 9.59 Å². The number of fused-ring (bicyclic) bond motifs is 1. The molecule has 2 aliphatic carbocycles. The summed E-state index contributed by atoms with van der Waals surface area (Å²) in [5.41, 5.74) is 5.89. The highest BCUT2D eigenvalue weighted by Gasteiger charge is 2.73. The minimum atomic E-state index is -1.39. The molecule has 1 aromatic carbocycles. The maximum atomic E-state index is 11.5. The Bertz CT molecular complexity index is 622. The van der Waals surface area contributed by atoms with E-state index in [1.807, 2.05) is 18.2 Å². The molecule has 3 rings (SSSR count). The lowest BCUT2D eigenvalue weighted by Gasteiger charge is -2.25. The van der Waals surface area contributed by atoms with E-state index < -0.39 is 29.3 Å². The smallest absolute Gasteiger partial charge is 0.324 e. The number of thioether (sulfide) groups is 1. The number of carbonyl (C=O) groups is 2. The van der Waals surface area contributed by atoms with E-state index in [9.17, 15) is 19.8 Å². The zero-order valence-corrected chi connectivity index (χ0v) is 13.7. The van der Waals surface area contributed by atoms with Gasteiger partial charge in [0.15, 0.2) is 0 Å². The lowest BCUT2D eigenvalue weighted by atomic mass is 9.91. The number of carboxylic acid groups (broad SMARTS) is 2. The number of rotatable bonds is 6. The zero-order valence-electron chi connectivity index (χ0n) is 12.9. The third kappa shape index (κ3) is 2.74. The van der Waals surface area contributed by atoms with E-state index in [-0.39, 0.29) is 11.2 Å². The minimum Gasteiger partial charge on any atom is -0.481 e. The lowest BCUT2D eigenvalue weighted by Crippen LogP contribution is -2.50. The topological polar surface area (TPSA) is 101 Å². The van der Waals surface area contributed by atoms with Gasteiger partial charge in [0.1, 0.15) is 5.54 Å². The van der Waals surface area contributed by atoms with Gasteiger partial charge in [-0.15, -0.1) is 0 Å². The third-order valence-corrected chi connectivity index (χ3v) is 6.85. The van der Waals surface area contributed by atoms with Crippen LogP contribution in [0.25, 0.3) is 0 Å². The molecule has 0 aromatic heterocycles. The van der Waals surface area contributed by atoms with Crippen molar-refractivity contribution in [3.05, 3.63) is 35.9 Å². The van der Waals surface area contributed by atoms with Gasteiger partial charge < -0.3 is 15.9 Å². The van der Waals surface area contributed by atoms with Crippen molar-refractivity contribution >= 4 is 23.7 Å². The highest BCUT2D eigenvalue weighted by atomic mass is 32.2. The average molecular weight is 335 g/mol. The van der Waals surface area contributed by atoms with E-state index in [2.05, 4.69) is 19.1 Å². The molecule has 4 N–H and O–H groups in total. The molecule has 0 aliphatic heterocycles. The van der Waals surface area contributed by atoms with Gasteiger partial charge in [0.05, 0.1) is 5.92 Å². The van der Waals surface area contributed by atoms with Crippen LogP contribution in [-0.4, -0.2) is 38.7 Å². The maximum Gasteiger partial charge on any atom is 0.324 e. The second kappa shape index (κ2) is 5.83. The second-order valence-electron chi connectivity index (χ2n) is 6.70. The molecule has 2 saturated carbocycles. The Morgan fingerprint density at radius 1 is 1.35 bits per heavy atom. The number of aliphatic carboxylic acids is 2. The molecule has 124 valence electrons. The molecule has 0 radical (unpaired) electrons. The first-order valence-corrected chi connectivity index (χ1v) is 8.82. The summed E-state index contributed by atoms with van der Waals surface area (Å²) in [6, 6.07) is 10.1. The predicted octanol–water partition coefficient (Wildman–Crippen LogP) is 2.02. The first-order chi connectivity index (χ1) is 10.9. The summed E-state index contributed by atoms with van der Waals surface area (Å²) >= 11 is 1.67. The summed E-state index contributed by atoms with van der Waals surface area (Å²) in [7, 11) is 0. The molecule has 0 heterocycles. The molecule has 5 nitrogen and oxygen atoms in total. The van der Waals surface area contributed by atoms with E-state index in [0.29, 0.717) is 12.3 Å². The molecule has 23 heavy (non-hydrogen) atoms. The lowest BCUT2D eigenvalue weighted by molar-refractivity contribution is -0.145. The van der Waals surface area contributed by atoms with Crippen molar-refractivity contribution in [1.29, 1.82) is 0 Å². The van der Waals surface area contributed by atoms with Crippen molar-refractivity contribution < 1.29 is 19.8 Å². The van der Waals surface area contributed by atoms with Crippen molar-refractivity contribution in [3.8, 4) is 0 Å². The van der Waals surface area contributed by atoms with Crippen LogP contribution in [0.4, 0.5) is 0 Å². The van der Waals surface area contributed by atoms with Crippen LogP contribution in [0.5, 0.6) is 0 Å². The van der Waals surface area contributed by atoms with Gasteiger partial charge in [-0.3, -0.25) is 9.59 Å². The third-order valence-electron chi connectivity index (χ3n) is 5.25. The average Bonchev–Trinajstić information content (AvgIpc) is 3.21. The van der Waals surface area contributed by atoms with Crippen molar-refractivity contribution in [2.45, 2.75) is 30.1 Å². The highest BCUT2D eigenvalue weighted by Crippen LogP contribution is 2.64. The van der Waals surface area contributed by atoms with Crippen LogP contribution in [0, 0.1) is 17.8 Å². The van der Waals surface area contributed by atoms with E-state index in [1.54, 1.807) is 11.8 Å². The monoisotopic (exact) mass is 335 g/mol. The van der Waals surface area contributed by atoms with Crippen molar-refractivity contribution in [1.82, 2.24) is 0 Å². The Labute approximate surface area is 139 Å². The highest BCUT2D eigenvalue weighted by molar-refractivity contribution is 8.00. The number of benzene rings is 1. The van der Waals surface area contributed by atoms with Crippen LogP contribution < -0.4 is 5.73 Å². The summed E-state index contributed by atoms with van der Waals surface area (Å²) in [5, 5.41) is 18.7. The first-order valence-electron chi connectivity index (χ1n) is 7.78. The molecule has 0 saturated heterocycles. The minimum absolute atomic E-state index is 0.00774. The summed E-state index contributed by atoms with van der Waals surface area (Å²) in [6.45, 7) is 2.13. The first kappa shape index (κ1) is 16.3. The molecule has 6 atom stereocenters. The number of hydrogen-bond donors (Lipinski definition) is 3. The number of nitrogens with two attached hydrogens (primary N) is 1. The van der Waals surface area contributed by atoms with Gasteiger partial charge >= 0.3 is 11.9 Å². The molecule has 0 amide bonds. The molecule has 2 fully saturated rings. The zero-order chi connectivity index (χ0) is 16.8. The van der Waals surface area contributed by atoms with Gasteiger partial charge in [-0.05, 0) is 23.8 Å². The van der Waals surface area contributed by atoms with Crippen molar-refractivity contribution in [2.75, 3.05) is 5.75 Å². The normalized spacial score (nSPS) is 36.3. The molecular formula is C17H21NO4S. The van der Waals surface area contributed by atoms with Crippen molar-refractivity contribution in [2.24, 2.45) is 23.5 Å². The number of hydrogen-bond acceptors (Lipinski definition) is 4. The Hall–Kier alpha value is -1.53. The Balaban J connectivity index is 1.67. The van der Waals surface area contributed by atoms with Gasteiger partial charge in [0, 0.05) is 16.9 Å². The van der Waals surface area contributed by atoms with E-state index in [4.69, 9.17) is 5.73 Å². The standard InChI is InChI=1S/C17H21NO4S/c1-9(10-5-3-2-4-6-10)8-23-11-7-17(18,16(21)22)14-12(11)13(14)15(19)20/h2-6,9,11-14H,7-8,18H2,1H3,(H,19,20)(H,21,22). The van der Waals surface area contributed by atoms with Gasteiger partial charge in [0.25, 0.3) is 0 Å². The van der Waals surface area contributed by atoms with Crippen LogP contribution in [0.3, 0.4) is 0 Å². The molecule has 6 unspecified atom stereocenters. The van der Waals surface area contributed by atoms with Gasteiger partial charge in [-0.2, -0.15) is 11.8 Å². The summed E-state index contributed by atoms with van der Waals surface area (Å²) in [4.78, 5) is 22.8. The van der Waals surface area contributed by atoms with Crippen LogP contribution in [0.2, 0.25) is 0 Å². The fourth-order valence-corrected chi connectivity index (χ4v) is 5.61. The molecule has 0 bridgehead atoms. The molecule has 0 spiro atoms. The van der Waals surface area contributed by atoms with E-state index >= 15 is 0 Å². The van der Waals surface area contributed by atoms with Crippen molar-refractivity contribution in [3.63, 3.8) is 0 Å². The molecule has 1 aromatic rings. The largest absolute Gasteiger partial charge is 0.481 e. The van der Waals surface area contributed by atoms with E-state index in [1.165, 1.54) is 5.56 Å². The Kier molecular flexibility index (Phi) is 4.14. The predicted molar refractivity (Wildman–Crippen MR) is 88.4 cm³/mol. The maximum absolute atomic E-state index is 11.5. The summed E-state index contributed by atoms with van der Waals surface area (Å²) < 4.78 is 0. The Morgan fingerprint density at radius 3 is 2.57 bits per heavy atom. The van der Waals surface area contributed by atoms with Gasteiger partial charge in [-0.25, -0.2) is 0 Å². The van der Waals surface area contributed by atoms with E-state index in [0.717, 1.165) is 5.75 Å².